The molecule has 3 heterocycles. The Morgan fingerprint density at radius 1 is 1.16 bits per heavy atom. The standard InChI is InChI=1S/C19H29N5O/c1-15(2)24-11-12-25-16(14-24)13-22-7-9-23(10-8-22)19-20-17-5-3-4-6-18(17)21-19/h3-6,15-16H,7-14H2,1-2H3,(H,20,21). The van der Waals surface area contributed by atoms with Gasteiger partial charge in [-0.25, -0.2) is 4.98 Å². The molecule has 1 aromatic carbocycles. The Labute approximate surface area is 149 Å². The van der Waals surface area contributed by atoms with E-state index in [4.69, 9.17) is 9.72 Å². The van der Waals surface area contributed by atoms with Crippen LogP contribution in [0.4, 0.5) is 5.95 Å². The second-order valence-corrected chi connectivity index (χ2v) is 7.45. The SMILES string of the molecule is CC(C)N1CCOC(CN2CCN(c3nc4ccccc4[nH]3)CC2)C1. The van der Waals surface area contributed by atoms with E-state index in [2.05, 4.69) is 45.7 Å². The Bertz CT molecular complexity index is 659. The molecule has 4 rings (SSSR count). The summed E-state index contributed by atoms with van der Waals surface area (Å²) in [7, 11) is 0. The number of morpholine rings is 1. The summed E-state index contributed by atoms with van der Waals surface area (Å²) in [6.07, 6.45) is 0.342. The number of aromatic amines is 1. The zero-order valence-corrected chi connectivity index (χ0v) is 15.3. The van der Waals surface area contributed by atoms with E-state index in [-0.39, 0.29) is 0 Å². The molecule has 1 atom stereocenters. The average Bonchev–Trinajstić information content (AvgIpc) is 3.07. The molecular weight excluding hydrogens is 314 g/mol. The predicted octanol–water partition coefficient (Wildman–Crippen LogP) is 1.79. The number of benzene rings is 1. The van der Waals surface area contributed by atoms with Crippen LogP contribution in [0.5, 0.6) is 0 Å². The number of nitrogens with zero attached hydrogens (tertiary/aromatic N) is 4. The molecule has 0 amide bonds. The molecule has 1 N–H and O–H groups in total. The van der Waals surface area contributed by atoms with E-state index in [9.17, 15) is 0 Å². The number of para-hydroxylation sites is 2. The summed E-state index contributed by atoms with van der Waals surface area (Å²) in [5, 5.41) is 0. The zero-order chi connectivity index (χ0) is 17.2. The lowest BCUT2D eigenvalue weighted by Crippen LogP contribution is -2.53. The summed E-state index contributed by atoms with van der Waals surface area (Å²) in [5.41, 5.74) is 2.16. The van der Waals surface area contributed by atoms with E-state index in [1.807, 2.05) is 12.1 Å². The monoisotopic (exact) mass is 343 g/mol. The van der Waals surface area contributed by atoms with Crippen molar-refractivity contribution in [1.29, 1.82) is 0 Å². The molecule has 1 unspecified atom stereocenters. The quantitative estimate of drug-likeness (QED) is 0.917. The highest BCUT2D eigenvalue weighted by Gasteiger charge is 2.26. The predicted molar refractivity (Wildman–Crippen MR) is 101 cm³/mol. The van der Waals surface area contributed by atoms with Gasteiger partial charge >= 0.3 is 0 Å². The van der Waals surface area contributed by atoms with Crippen LogP contribution in [-0.2, 0) is 4.74 Å². The smallest absolute Gasteiger partial charge is 0.203 e. The second-order valence-electron chi connectivity index (χ2n) is 7.45. The number of anilines is 1. The highest BCUT2D eigenvalue weighted by atomic mass is 16.5. The Hall–Kier alpha value is -1.63. The van der Waals surface area contributed by atoms with Gasteiger partial charge in [-0.3, -0.25) is 9.80 Å². The number of ether oxygens (including phenoxy) is 1. The van der Waals surface area contributed by atoms with E-state index in [1.54, 1.807) is 0 Å². The Balaban J connectivity index is 1.31. The van der Waals surface area contributed by atoms with Crippen LogP contribution in [0.2, 0.25) is 0 Å². The summed E-state index contributed by atoms with van der Waals surface area (Å²) < 4.78 is 6.00. The van der Waals surface area contributed by atoms with Crippen molar-refractivity contribution in [1.82, 2.24) is 19.8 Å². The molecule has 0 radical (unpaired) electrons. The zero-order valence-electron chi connectivity index (χ0n) is 15.3. The number of fused-ring (bicyclic) bond motifs is 1. The summed E-state index contributed by atoms with van der Waals surface area (Å²) in [6.45, 7) is 12.7. The topological polar surface area (TPSA) is 47.6 Å². The van der Waals surface area contributed by atoms with Gasteiger partial charge in [0.1, 0.15) is 0 Å². The van der Waals surface area contributed by atoms with Crippen LogP contribution in [0.1, 0.15) is 13.8 Å². The fraction of sp³-hybridized carbons (Fsp3) is 0.632. The summed E-state index contributed by atoms with van der Waals surface area (Å²) in [5.74, 6) is 1.00. The lowest BCUT2D eigenvalue weighted by Gasteiger charge is -2.40. The molecule has 2 aromatic rings. The van der Waals surface area contributed by atoms with E-state index >= 15 is 0 Å². The lowest BCUT2D eigenvalue weighted by atomic mass is 10.2. The van der Waals surface area contributed by atoms with Gasteiger partial charge in [0.25, 0.3) is 0 Å². The maximum atomic E-state index is 6.00. The molecule has 6 heteroatoms. The third-order valence-electron chi connectivity index (χ3n) is 5.41. The molecule has 2 fully saturated rings. The number of H-pyrrole nitrogens is 1. The van der Waals surface area contributed by atoms with Gasteiger partial charge in [-0.05, 0) is 26.0 Å². The van der Waals surface area contributed by atoms with Crippen LogP contribution in [0, 0.1) is 0 Å². The van der Waals surface area contributed by atoms with E-state index in [1.165, 1.54) is 0 Å². The summed E-state index contributed by atoms with van der Waals surface area (Å²) >= 11 is 0. The van der Waals surface area contributed by atoms with E-state index in [0.29, 0.717) is 12.1 Å². The second kappa shape index (κ2) is 7.32. The number of nitrogens with one attached hydrogen (secondary N) is 1. The maximum absolute atomic E-state index is 6.00. The number of hydrogen-bond acceptors (Lipinski definition) is 5. The molecule has 2 aliphatic rings. The highest BCUT2D eigenvalue weighted by molar-refractivity contribution is 5.77. The third-order valence-corrected chi connectivity index (χ3v) is 5.41. The van der Waals surface area contributed by atoms with Crippen molar-refractivity contribution in [2.75, 3.05) is 57.3 Å². The first-order chi connectivity index (χ1) is 12.2. The largest absolute Gasteiger partial charge is 0.374 e. The van der Waals surface area contributed by atoms with Gasteiger partial charge in [0, 0.05) is 51.9 Å². The van der Waals surface area contributed by atoms with Crippen LogP contribution in [0.25, 0.3) is 11.0 Å². The first kappa shape index (κ1) is 16.8. The molecular formula is C19H29N5O. The number of rotatable bonds is 4. The minimum atomic E-state index is 0.342. The molecule has 136 valence electrons. The maximum Gasteiger partial charge on any atom is 0.203 e. The minimum absolute atomic E-state index is 0.342. The first-order valence-electron chi connectivity index (χ1n) is 9.47. The van der Waals surface area contributed by atoms with Gasteiger partial charge in [0.2, 0.25) is 5.95 Å². The van der Waals surface area contributed by atoms with Gasteiger partial charge in [-0.2, -0.15) is 0 Å². The van der Waals surface area contributed by atoms with Crippen LogP contribution < -0.4 is 4.90 Å². The minimum Gasteiger partial charge on any atom is -0.374 e. The lowest BCUT2D eigenvalue weighted by molar-refractivity contribution is -0.0525. The molecule has 0 aliphatic carbocycles. The molecule has 0 saturated carbocycles. The normalized spacial score (nSPS) is 23.6. The van der Waals surface area contributed by atoms with Gasteiger partial charge in [-0.1, -0.05) is 12.1 Å². The van der Waals surface area contributed by atoms with Crippen molar-refractivity contribution in [2.24, 2.45) is 0 Å². The van der Waals surface area contributed by atoms with E-state index < -0.39 is 0 Å². The van der Waals surface area contributed by atoms with Crippen molar-refractivity contribution in [3.8, 4) is 0 Å². The molecule has 2 aliphatic heterocycles. The van der Waals surface area contributed by atoms with Crippen molar-refractivity contribution in [2.45, 2.75) is 26.0 Å². The Kier molecular flexibility index (Phi) is 4.92. The van der Waals surface area contributed by atoms with Gasteiger partial charge in [-0.15, -0.1) is 0 Å². The van der Waals surface area contributed by atoms with Gasteiger partial charge < -0.3 is 14.6 Å². The van der Waals surface area contributed by atoms with Gasteiger partial charge in [0.05, 0.1) is 23.7 Å². The molecule has 6 nitrogen and oxygen atoms in total. The van der Waals surface area contributed by atoms with E-state index in [0.717, 1.165) is 69.4 Å². The van der Waals surface area contributed by atoms with Crippen LogP contribution in [-0.4, -0.2) is 84.3 Å². The first-order valence-corrected chi connectivity index (χ1v) is 9.47. The number of imidazole rings is 1. The number of aromatic nitrogens is 2. The van der Waals surface area contributed by atoms with Crippen molar-refractivity contribution < 1.29 is 4.74 Å². The molecule has 1 aromatic heterocycles. The highest BCUT2D eigenvalue weighted by Crippen LogP contribution is 2.19. The Morgan fingerprint density at radius 3 is 2.72 bits per heavy atom. The Morgan fingerprint density at radius 2 is 1.96 bits per heavy atom. The average molecular weight is 343 g/mol. The molecule has 2 saturated heterocycles. The molecule has 25 heavy (non-hydrogen) atoms. The third kappa shape index (κ3) is 3.81. The van der Waals surface area contributed by atoms with Crippen LogP contribution >= 0.6 is 0 Å². The van der Waals surface area contributed by atoms with Crippen LogP contribution in [0.15, 0.2) is 24.3 Å². The van der Waals surface area contributed by atoms with Crippen molar-refractivity contribution >= 4 is 17.0 Å². The summed E-state index contributed by atoms with van der Waals surface area (Å²) in [4.78, 5) is 15.6. The number of piperazine rings is 1. The van der Waals surface area contributed by atoms with Crippen molar-refractivity contribution in [3.05, 3.63) is 24.3 Å². The number of hydrogen-bond donors (Lipinski definition) is 1. The van der Waals surface area contributed by atoms with Crippen LogP contribution in [0.3, 0.4) is 0 Å². The molecule has 0 bridgehead atoms. The fourth-order valence-corrected chi connectivity index (χ4v) is 3.84. The summed E-state index contributed by atoms with van der Waals surface area (Å²) in [6, 6.07) is 8.84. The molecule has 0 spiro atoms. The van der Waals surface area contributed by atoms with Gasteiger partial charge in [0.15, 0.2) is 0 Å². The fourth-order valence-electron chi connectivity index (χ4n) is 3.84. The van der Waals surface area contributed by atoms with Crippen molar-refractivity contribution in [3.63, 3.8) is 0 Å².